The van der Waals surface area contributed by atoms with Crippen molar-refractivity contribution in [3.63, 3.8) is 0 Å². The molecule has 0 aliphatic carbocycles. The molecule has 3 aromatic rings. The molecule has 5 rings (SSSR count). The van der Waals surface area contributed by atoms with Gasteiger partial charge in [-0.2, -0.15) is 4.31 Å². The van der Waals surface area contributed by atoms with Gasteiger partial charge < -0.3 is 23.5 Å². The van der Waals surface area contributed by atoms with Gasteiger partial charge in [0.15, 0.2) is 0 Å². The summed E-state index contributed by atoms with van der Waals surface area (Å²) in [4.78, 5) is 68.7. The number of imide groups is 2. The number of aromatic nitrogens is 1. The second-order valence-electron chi connectivity index (χ2n) is 10.5. The van der Waals surface area contributed by atoms with Crippen LogP contribution in [-0.2, 0) is 33.8 Å². The Morgan fingerprint density at radius 1 is 0.851 bits per heavy atom. The number of barbiturate groups is 1. The monoisotopic (exact) mass is 668 g/mol. The van der Waals surface area contributed by atoms with Crippen LogP contribution in [-0.4, -0.2) is 119 Å². The van der Waals surface area contributed by atoms with Crippen molar-refractivity contribution in [3.8, 4) is 22.7 Å². The van der Waals surface area contributed by atoms with Crippen LogP contribution in [0.15, 0.2) is 53.4 Å². The van der Waals surface area contributed by atoms with Crippen LogP contribution in [0.4, 0.5) is 4.79 Å². The van der Waals surface area contributed by atoms with Gasteiger partial charge in [-0.25, -0.2) is 22.8 Å². The van der Waals surface area contributed by atoms with Crippen LogP contribution >= 0.6 is 0 Å². The molecule has 15 nitrogen and oxygen atoms in total. The van der Waals surface area contributed by atoms with E-state index in [1.807, 2.05) is 0 Å². The molecule has 3 heterocycles. The molecule has 4 amide bonds. The Bertz CT molecular complexity index is 1860. The van der Waals surface area contributed by atoms with Crippen molar-refractivity contribution < 1.29 is 51.3 Å². The number of hydrogen-bond acceptors (Lipinski definition) is 11. The third-order valence-corrected chi connectivity index (χ3v) is 9.95. The van der Waals surface area contributed by atoms with Crippen molar-refractivity contribution in [1.82, 2.24) is 18.7 Å². The molecule has 16 heteroatoms. The standard InChI is InChI=1S/C31H32N4O11S/c1-32-27(36)24(28(37)33(2)31(32)40)22-23(29(38)44-4)26(30(39)45-5)35(25(22)18-9-7-6-8-10-18)19-11-12-20(43-3)21(17-19)47(41,42)34-13-15-46-16-14-34/h6-12,17,24H,13-16H2,1-5H3. The first kappa shape index (κ1) is 33.3. The number of likely N-dealkylation sites (N-methyl/N-ethyl adjacent to an activating group) is 2. The van der Waals surface area contributed by atoms with Crippen LogP contribution in [0.5, 0.6) is 5.75 Å². The number of esters is 2. The number of methoxy groups -OCH3 is 3. The van der Waals surface area contributed by atoms with Crippen LogP contribution in [0, 0.1) is 0 Å². The molecule has 0 unspecified atom stereocenters. The van der Waals surface area contributed by atoms with Crippen LogP contribution in [0.25, 0.3) is 16.9 Å². The Labute approximate surface area is 270 Å². The van der Waals surface area contributed by atoms with Gasteiger partial charge in [-0.05, 0) is 23.8 Å². The van der Waals surface area contributed by atoms with Crippen molar-refractivity contribution in [3.05, 3.63) is 65.4 Å². The Morgan fingerprint density at radius 2 is 1.45 bits per heavy atom. The first-order valence-electron chi connectivity index (χ1n) is 14.3. The summed E-state index contributed by atoms with van der Waals surface area (Å²) >= 11 is 0. The molecule has 47 heavy (non-hydrogen) atoms. The Hall–Kier alpha value is -5.06. The molecule has 2 aromatic carbocycles. The smallest absolute Gasteiger partial charge is 0.355 e. The van der Waals surface area contributed by atoms with E-state index in [-0.39, 0.29) is 53.9 Å². The van der Waals surface area contributed by atoms with Crippen molar-refractivity contribution in [2.75, 3.05) is 61.7 Å². The molecule has 0 bridgehead atoms. The molecule has 2 aliphatic heterocycles. The minimum absolute atomic E-state index is 0.00101. The Kier molecular flexibility index (Phi) is 9.20. The van der Waals surface area contributed by atoms with Gasteiger partial charge in [-0.15, -0.1) is 0 Å². The number of urea groups is 1. The van der Waals surface area contributed by atoms with Crippen LogP contribution < -0.4 is 4.74 Å². The van der Waals surface area contributed by atoms with Crippen LogP contribution in [0.3, 0.4) is 0 Å². The van der Waals surface area contributed by atoms with E-state index in [1.165, 1.54) is 48.3 Å². The number of benzene rings is 2. The second-order valence-corrected chi connectivity index (χ2v) is 12.4. The van der Waals surface area contributed by atoms with Crippen molar-refractivity contribution in [2.24, 2.45) is 0 Å². The summed E-state index contributed by atoms with van der Waals surface area (Å²) in [5.41, 5.74) is -0.779. The summed E-state index contributed by atoms with van der Waals surface area (Å²) in [5, 5.41) is 0. The summed E-state index contributed by atoms with van der Waals surface area (Å²) in [7, 11) is 1.62. The fourth-order valence-electron chi connectivity index (χ4n) is 5.69. The highest BCUT2D eigenvalue weighted by Gasteiger charge is 2.49. The van der Waals surface area contributed by atoms with Gasteiger partial charge in [0.2, 0.25) is 21.8 Å². The number of sulfonamides is 1. The van der Waals surface area contributed by atoms with Gasteiger partial charge in [0.25, 0.3) is 0 Å². The fraction of sp³-hybridized carbons (Fsp3) is 0.323. The van der Waals surface area contributed by atoms with Crippen molar-refractivity contribution in [2.45, 2.75) is 10.8 Å². The molecule has 0 radical (unpaired) electrons. The Morgan fingerprint density at radius 3 is 2.00 bits per heavy atom. The molecule has 0 saturated carbocycles. The first-order valence-corrected chi connectivity index (χ1v) is 15.7. The SMILES string of the molecule is COC(=O)c1c(C2C(=O)N(C)C(=O)N(C)C2=O)c(-c2ccccc2)n(-c2ccc(OC)c(S(=O)(=O)N3CCOCC3)c2)c1C(=O)OC. The quantitative estimate of drug-likeness (QED) is 0.254. The largest absolute Gasteiger partial charge is 0.495 e. The van der Waals surface area contributed by atoms with E-state index in [4.69, 9.17) is 18.9 Å². The summed E-state index contributed by atoms with van der Waals surface area (Å²) in [6.07, 6.45) is 0. The normalized spacial score (nSPS) is 16.4. The van der Waals surface area contributed by atoms with E-state index in [1.54, 1.807) is 30.3 Å². The number of carbonyl (C=O) groups is 5. The van der Waals surface area contributed by atoms with Gasteiger partial charge in [0.1, 0.15) is 22.3 Å². The highest BCUT2D eigenvalue weighted by atomic mass is 32.2. The van der Waals surface area contributed by atoms with Gasteiger partial charge in [0.05, 0.1) is 45.8 Å². The highest BCUT2D eigenvalue weighted by Crippen LogP contribution is 2.43. The minimum atomic E-state index is -4.19. The van der Waals surface area contributed by atoms with E-state index in [9.17, 15) is 32.4 Å². The summed E-state index contributed by atoms with van der Waals surface area (Å²) in [6.45, 7) is 0.544. The fourth-order valence-corrected chi connectivity index (χ4v) is 7.28. The topological polar surface area (TPSA) is 171 Å². The molecule has 2 aliphatic rings. The van der Waals surface area contributed by atoms with E-state index in [2.05, 4.69) is 0 Å². The third-order valence-electron chi connectivity index (χ3n) is 8.03. The van der Waals surface area contributed by atoms with E-state index >= 15 is 0 Å². The molecule has 2 fully saturated rings. The number of amides is 4. The number of rotatable bonds is 8. The summed E-state index contributed by atoms with van der Waals surface area (Å²) in [5.74, 6) is -5.85. The lowest BCUT2D eigenvalue weighted by molar-refractivity contribution is -0.143. The van der Waals surface area contributed by atoms with Crippen molar-refractivity contribution >= 4 is 39.8 Å². The predicted molar refractivity (Wildman–Crippen MR) is 164 cm³/mol. The lowest BCUT2D eigenvalue weighted by Gasteiger charge is -2.33. The van der Waals surface area contributed by atoms with Crippen molar-refractivity contribution in [1.29, 1.82) is 0 Å². The predicted octanol–water partition coefficient (Wildman–Crippen LogP) is 1.88. The van der Waals surface area contributed by atoms with Gasteiger partial charge in [-0.1, -0.05) is 30.3 Å². The average Bonchev–Trinajstić information content (AvgIpc) is 3.45. The van der Waals surface area contributed by atoms with Gasteiger partial charge in [-0.3, -0.25) is 19.4 Å². The third kappa shape index (κ3) is 5.53. The Balaban J connectivity index is 1.94. The maximum atomic E-state index is 13.9. The maximum absolute atomic E-state index is 13.9. The molecular weight excluding hydrogens is 636 g/mol. The zero-order chi connectivity index (χ0) is 34.2. The van der Waals surface area contributed by atoms with Gasteiger partial charge in [0, 0.05) is 38.4 Å². The molecule has 0 N–H and O–H groups in total. The number of carbonyl (C=O) groups excluding carboxylic acids is 5. The molecule has 0 atom stereocenters. The second kappa shape index (κ2) is 13.0. The molecular formula is C31H32N4O11S. The lowest BCUT2D eigenvalue weighted by atomic mass is 9.88. The lowest BCUT2D eigenvalue weighted by Crippen LogP contribution is -2.56. The van der Waals surface area contributed by atoms with E-state index in [0.717, 1.165) is 24.0 Å². The average molecular weight is 669 g/mol. The zero-order valence-corrected chi connectivity index (χ0v) is 27.0. The number of morpholine rings is 1. The zero-order valence-electron chi connectivity index (χ0n) is 26.2. The summed E-state index contributed by atoms with van der Waals surface area (Å²) in [6, 6.07) is 11.4. The summed E-state index contributed by atoms with van der Waals surface area (Å²) < 4.78 is 51.3. The minimum Gasteiger partial charge on any atom is -0.495 e. The maximum Gasteiger partial charge on any atom is 0.355 e. The number of ether oxygens (including phenoxy) is 4. The van der Waals surface area contributed by atoms with E-state index < -0.39 is 57.0 Å². The molecule has 1 aromatic heterocycles. The highest BCUT2D eigenvalue weighted by molar-refractivity contribution is 7.89. The van der Waals surface area contributed by atoms with Gasteiger partial charge >= 0.3 is 18.0 Å². The van der Waals surface area contributed by atoms with E-state index in [0.29, 0.717) is 5.56 Å². The number of hydrogen-bond donors (Lipinski definition) is 0. The molecule has 2 saturated heterocycles. The van der Waals surface area contributed by atoms with Crippen LogP contribution in [0.1, 0.15) is 32.3 Å². The molecule has 0 spiro atoms. The number of nitrogens with zero attached hydrogens (tertiary/aromatic N) is 4. The first-order chi connectivity index (χ1) is 22.4. The van der Waals surface area contributed by atoms with Crippen LogP contribution in [0.2, 0.25) is 0 Å². The molecule has 248 valence electrons.